The number of carbonyl (C=O) groups is 2. The first-order valence-electron chi connectivity index (χ1n) is 6.71. The second-order valence-electron chi connectivity index (χ2n) is 6.02. The van der Waals surface area contributed by atoms with Crippen LogP contribution in [0, 0.1) is 5.82 Å². The highest BCUT2D eigenvalue weighted by Gasteiger charge is 2.16. The summed E-state index contributed by atoms with van der Waals surface area (Å²) >= 11 is 0. The van der Waals surface area contributed by atoms with Gasteiger partial charge in [-0.05, 0) is 33.9 Å². The number of urea groups is 1. The van der Waals surface area contributed by atoms with E-state index < -0.39 is 17.5 Å². The Kier molecular flexibility index (Phi) is 5.84. The molecule has 0 spiro atoms. The van der Waals surface area contributed by atoms with Crippen molar-refractivity contribution >= 4 is 11.9 Å². The molecule has 5 nitrogen and oxygen atoms in total. The molecule has 2 N–H and O–H groups in total. The molecule has 0 atom stereocenters. The zero-order valence-electron chi connectivity index (χ0n) is 12.9. The van der Waals surface area contributed by atoms with Gasteiger partial charge in [-0.2, -0.15) is 0 Å². The molecule has 1 aromatic rings. The molecule has 1 rings (SSSR count). The number of hydrogen-bond acceptors (Lipinski definition) is 3. The van der Waals surface area contributed by atoms with Crippen LogP contribution in [0.25, 0.3) is 0 Å². The molecule has 0 aliphatic carbocycles. The van der Waals surface area contributed by atoms with Gasteiger partial charge in [-0.15, -0.1) is 0 Å². The van der Waals surface area contributed by atoms with Gasteiger partial charge in [0, 0.05) is 17.6 Å². The average Bonchev–Trinajstić information content (AvgIpc) is 2.28. The summed E-state index contributed by atoms with van der Waals surface area (Å²) in [5.74, 6) is -0.745. The third-order valence-corrected chi connectivity index (χ3v) is 2.55. The van der Waals surface area contributed by atoms with Crippen molar-refractivity contribution in [3.8, 4) is 0 Å². The van der Waals surface area contributed by atoms with E-state index in [-0.39, 0.29) is 12.4 Å². The maximum Gasteiger partial charge on any atom is 0.321 e. The van der Waals surface area contributed by atoms with Gasteiger partial charge >= 0.3 is 6.03 Å². The van der Waals surface area contributed by atoms with Crippen LogP contribution in [-0.2, 0) is 11.3 Å². The van der Waals surface area contributed by atoms with Gasteiger partial charge in [-0.1, -0.05) is 18.2 Å². The second kappa shape index (κ2) is 7.17. The number of nitrogens with zero attached hydrogens (tertiary/aromatic N) is 1. The van der Waals surface area contributed by atoms with Crippen molar-refractivity contribution in [2.24, 2.45) is 0 Å². The Balaban J connectivity index is 2.44. The SMILES string of the molecule is CN(CC(=O)NC(=O)NC(C)(C)C)Cc1ccccc1F. The lowest BCUT2D eigenvalue weighted by Gasteiger charge is -2.21. The third-order valence-electron chi connectivity index (χ3n) is 2.55. The highest BCUT2D eigenvalue weighted by molar-refractivity contribution is 5.95. The Morgan fingerprint density at radius 1 is 1.24 bits per heavy atom. The highest BCUT2D eigenvalue weighted by Crippen LogP contribution is 2.08. The van der Waals surface area contributed by atoms with Gasteiger partial charge in [0.1, 0.15) is 5.82 Å². The number of benzene rings is 1. The van der Waals surface area contributed by atoms with Crippen molar-refractivity contribution in [3.05, 3.63) is 35.6 Å². The van der Waals surface area contributed by atoms with Crippen LogP contribution in [0.1, 0.15) is 26.3 Å². The maximum atomic E-state index is 13.5. The standard InChI is InChI=1S/C15H22FN3O2/c1-15(2,3)18-14(21)17-13(20)10-19(4)9-11-7-5-6-8-12(11)16/h5-8H,9-10H2,1-4H3,(H2,17,18,20,21). The lowest BCUT2D eigenvalue weighted by molar-refractivity contribution is -0.121. The fraction of sp³-hybridized carbons (Fsp3) is 0.467. The van der Waals surface area contributed by atoms with Gasteiger partial charge < -0.3 is 5.32 Å². The van der Waals surface area contributed by atoms with E-state index in [4.69, 9.17) is 0 Å². The van der Waals surface area contributed by atoms with Gasteiger partial charge in [0.25, 0.3) is 0 Å². The average molecular weight is 295 g/mol. The molecule has 3 amide bonds. The molecule has 1 aromatic carbocycles. The summed E-state index contributed by atoms with van der Waals surface area (Å²) in [6.45, 7) is 5.76. The monoisotopic (exact) mass is 295 g/mol. The molecule has 0 aliphatic heterocycles. The van der Waals surface area contributed by atoms with E-state index in [1.807, 2.05) is 20.8 Å². The molecule has 116 valence electrons. The number of likely N-dealkylation sites (N-methyl/N-ethyl adjacent to an activating group) is 1. The predicted octanol–water partition coefficient (Wildman–Crippen LogP) is 1.88. The van der Waals surface area contributed by atoms with E-state index >= 15 is 0 Å². The smallest absolute Gasteiger partial charge is 0.321 e. The van der Waals surface area contributed by atoms with E-state index in [0.717, 1.165) is 0 Å². The van der Waals surface area contributed by atoms with E-state index in [2.05, 4.69) is 10.6 Å². The fourth-order valence-electron chi connectivity index (χ4n) is 1.76. The summed E-state index contributed by atoms with van der Waals surface area (Å²) < 4.78 is 13.5. The van der Waals surface area contributed by atoms with E-state index in [9.17, 15) is 14.0 Å². The summed E-state index contributed by atoms with van der Waals surface area (Å²) in [6, 6.07) is 5.86. The van der Waals surface area contributed by atoms with Crippen molar-refractivity contribution in [3.63, 3.8) is 0 Å². The number of halogens is 1. The molecule has 0 aromatic heterocycles. The zero-order valence-corrected chi connectivity index (χ0v) is 12.9. The molecular weight excluding hydrogens is 273 g/mol. The molecule has 0 heterocycles. The molecule has 21 heavy (non-hydrogen) atoms. The van der Waals surface area contributed by atoms with Gasteiger partial charge in [-0.3, -0.25) is 15.0 Å². The van der Waals surface area contributed by atoms with Gasteiger partial charge in [0.2, 0.25) is 5.91 Å². The lowest BCUT2D eigenvalue weighted by Crippen LogP contribution is -2.50. The molecule has 0 fully saturated rings. The van der Waals surface area contributed by atoms with E-state index in [0.29, 0.717) is 12.1 Å². The highest BCUT2D eigenvalue weighted by atomic mass is 19.1. The quantitative estimate of drug-likeness (QED) is 0.891. The van der Waals surface area contributed by atoms with Crippen molar-refractivity contribution in [1.29, 1.82) is 0 Å². The number of rotatable bonds is 4. The van der Waals surface area contributed by atoms with E-state index in [1.165, 1.54) is 6.07 Å². The molecule has 0 radical (unpaired) electrons. The predicted molar refractivity (Wildman–Crippen MR) is 79.2 cm³/mol. The first kappa shape index (κ1) is 17.1. The van der Waals surface area contributed by atoms with E-state index in [1.54, 1.807) is 30.1 Å². The number of imide groups is 1. The number of hydrogen-bond donors (Lipinski definition) is 2. The summed E-state index contributed by atoms with van der Waals surface area (Å²) in [6.07, 6.45) is 0. The third kappa shape index (κ3) is 6.85. The first-order valence-corrected chi connectivity index (χ1v) is 6.71. The Morgan fingerprint density at radius 2 is 1.86 bits per heavy atom. The van der Waals surface area contributed by atoms with Gasteiger partial charge in [0.05, 0.1) is 6.54 Å². The minimum absolute atomic E-state index is 0.00585. The van der Waals surface area contributed by atoms with Crippen molar-refractivity contribution in [1.82, 2.24) is 15.5 Å². The second-order valence-corrected chi connectivity index (χ2v) is 6.02. The van der Waals surface area contributed by atoms with Crippen LogP contribution in [0.4, 0.5) is 9.18 Å². The zero-order chi connectivity index (χ0) is 16.0. The molecule has 6 heteroatoms. The number of carbonyl (C=O) groups excluding carboxylic acids is 2. The Morgan fingerprint density at radius 3 is 2.43 bits per heavy atom. The lowest BCUT2D eigenvalue weighted by atomic mass is 10.1. The van der Waals surface area contributed by atoms with Crippen LogP contribution >= 0.6 is 0 Å². The summed E-state index contributed by atoms with van der Waals surface area (Å²) in [5, 5.41) is 4.88. The summed E-state index contributed by atoms with van der Waals surface area (Å²) in [4.78, 5) is 24.9. The maximum absolute atomic E-state index is 13.5. The minimum Gasteiger partial charge on any atom is -0.333 e. The van der Waals surface area contributed by atoms with Crippen LogP contribution in [0.5, 0.6) is 0 Å². The summed E-state index contributed by atoms with van der Waals surface area (Å²) in [7, 11) is 1.69. The molecule has 0 bridgehead atoms. The molecule has 0 saturated carbocycles. The van der Waals surface area contributed by atoms with Crippen LogP contribution in [0.3, 0.4) is 0 Å². The topological polar surface area (TPSA) is 61.4 Å². The normalized spacial score (nSPS) is 11.3. The van der Waals surface area contributed by atoms with Gasteiger partial charge in [0.15, 0.2) is 0 Å². The molecule has 0 unspecified atom stereocenters. The Bertz CT molecular complexity index is 512. The van der Waals surface area contributed by atoms with Crippen LogP contribution in [0.15, 0.2) is 24.3 Å². The van der Waals surface area contributed by atoms with Gasteiger partial charge in [-0.25, -0.2) is 9.18 Å². The Hall–Kier alpha value is -1.95. The van der Waals surface area contributed by atoms with Crippen LogP contribution < -0.4 is 10.6 Å². The van der Waals surface area contributed by atoms with Crippen molar-refractivity contribution < 1.29 is 14.0 Å². The minimum atomic E-state index is -0.535. The number of nitrogens with one attached hydrogen (secondary N) is 2. The Labute approximate surface area is 124 Å². The summed E-state index contributed by atoms with van der Waals surface area (Å²) in [5.41, 5.74) is 0.0932. The molecule has 0 saturated heterocycles. The fourth-order valence-corrected chi connectivity index (χ4v) is 1.76. The largest absolute Gasteiger partial charge is 0.333 e. The van der Waals surface area contributed by atoms with Crippen LogP contribution in [0.2, 0.25) is 0 Å². The molecular formula is C15H22FN3O2. The van der Waals surface area contributed by atoms with Crippen molar-refractivity contribution in [2.75, 3.05) is 13.6 Å². The van der Waals surface area contributed by atoms with Crippen LogP contribution in [-0.4, -0.2) is 36.0 Å². The first-order chi connectivity index (χ1) is 9.67. The van der Waals surface area contributed by atoms with Crippen molar-refractivity contribution in [2.45, 2.75) is 32.9 Å². The molecule has 0 aliphatic rings. The number of amides is 3.